The zero-order valence-electron chi connectivity index (χ0n) is 10.6. The Balaban J connectivity index is 2.86. The van der Waals surface area contributed by atoms with E-state index in [0.29, 0.717) is 6.07 Å². The van der Waals surface area contributed by atoms with E-state index in [4.69, 9.17) is 5.73 Å². The molecule has 22 heavy (non-hydrogen) atoms. The highest BCUT2D eigenvalue weighted by atomic mass is 19.4. The van der Waals surface area contributed by atoms with Crippen molar-refractivity contribution in [1.82, 2.24) is 0 Å². The number of aromatic hydroxyl groups is 1. The maximum Gasteiger partial charge on any atom is 0.430 e. The SMILES string of the molecule is Nc1c(C(O)(C(F)(F)F)C(F)(F)F)ccc2c(O)cccc12. The van der Waals surface area contributed by atoms with E-state index in [0.717, 1.165) is 12.1 Å². The molecule has 0 saturated heterocycles. The molecule has 0 spiro atoms. The van der Waals surface area contributed by atoms with Crippen LogP contribution in [-0.4, -0.2) is 22.6 Å². The Hall–Kier alpha value is -2.16. The molecule has 0 aliphatic carbocycles. The third-order valence-electron chi connectivity index (χ3n) is 3.29. The van der Waals surface area contributed by atoms with Gasteiger partial charge < -0.3 is 15.9 Å². The Morgan fingerprint density at radius 1 is 0.818 bits per heavy atom. The molecule has 2 aromatic rings. The van der Waals surface area contributed by atoms with E-state index < -0.39 is 29.2 Å². The van der Waals surface area contributed by atoms with Crippen molar-refractivity contribution >= 4 is 16.5 Å². The molecule has 120 valence electrons. The minimum absolute atomic E-state index is 0.0320. The summed E-state index contributed by atoms with van der Waals surface area (Å²) >= 11 is 0. The lowest BCUT2D eigenvalue weighted by molar-refractivity contribution is -0.375. The Bertz CT molecular complexity index is 709. The summed E-state index contributed by atoms with van der Waals surface area (Å²) in [5.41, 5.74) is -2.16. The number of nitrogens with two attached hydrogens (primary N) is 1. The Morgan fingerprint density at radius 3 is 1.86 bits per heavy atom. The van der Waals surface area contributed by atoms with Gasteiger partial charge in [-0.15, -0.1) is 0 Å². The summed E-state index contributed by atoms with van der Waals surface area (Å²) in [7, 11) is 0. The molecule has 0 fully saturated rings. The number of anilines is 1. The standard InChI is InChI=1S/C13H9F6NO2/c14-12(15,16)11(22,13(17,18)19)8-5-4-6-7(10(8)20)2-1-3-9(6)21/h1-5,21-22H,20H2. The van der Waals surface area contributed by atoms with Crippen molar-refractivity contribution in [2.75, 3.05) is 5.73 Å². The van der Waals surface area contributed by atoms with E-state index in [1.807, 2.05) is 0 Å². The van der Waals surface area contributed by atoms with Crippen molar-refractivity contribution < 1.29 is 36.6 Å². The lowest BCUT2D eigenvalue weighted by atomic mass is 9.88. The number of fused-ring (bicyclic) bond motifs is 1. The van der Waals surface area contributed by atoms with Gasteiger partial charge in [0.25, 0.3) is 5.60 Å². The molecule has 0 unspecified atom stereocenters. The molecule has 2 aromatic carbocycles. The highest BCUT2D eigenvalue weighted by molar-refractivity contribution is 5.98. The monoisotopic (exact) mass is 325 g/mol. The zero-order chi connectivity index (χ0) is 16.9. The minimum Gasteiger partial charge on any atom is -0.507 e. The fourth-order valence-electron chi connectivity index (χ4n) is 2.15. The second-order valence-corrected chi connectivity index (χ2v) is 4.60. The van der Waals surface area contributed by atoms with Gasteiger partial charge >= 0.3 is 12.4 Å². The number of hydrogen-bond acceptors (Lipinski definition) is 3. The Labute approximate surface area is 119 Å². The number of halogens is 6. The molecule has 0 heterocycles. The Kier molecular flexibility index (Phi) is 3.44. The zero-order valence-corrected chi connectivity index (χ0v) is 10.6. The number of phenols is 1. The maximum absolute atomic E-state index is 12.9. The average molecular weight is 325 g/mol. The summed E-state index contributed by atoms with van der Waals surface area (Å²) in [6, 6.07) is 4.78. The first kappa shape index (κ1) is 16.2. The smallest absolute Gasteiger partial charge is 0.430 e. The van der Waals surface area contributed by atoms with Gasteiger partial charge in [-0.2, -0.15) is 26.3 Å². The molecule has 3 nitrogen and oxygen atoms in total. The second kappa shape index (κ2) is 4.67. The van der Waals surface area contributed by atoms with Crippen LogP contribution in [0.5, 0.6) is 5.75 Å². The van der Waals surface area contributed by atoms with Gasteiger partial charge in [0.15, 0.2) is 0 Å². The van der Waals surface area contributed by atoms with E-state index >= 15 is 0 Å². The van der Waals surface area contributed by atoms with Crippen LogP contribution in [0.2, 0.25) is 0 Å². The number of aliphatic hydroxyl groups is 1. The fraction of sp³-hybridized carbons (Fsp3) is 0.231. The summed E-state index contributed by atoms with van der Waals surface area (Å²) in [5, 5.41) is 18.7. The molecule has 0 atom stereocenters. The van der Waals surface area contributed by atoms with Gasteiger partial charge in [-0.3, -0.25) is 0 Å². The molecular weight excluding hydrogens is 316 g/mol. The molecule has 0 aliphatic rings. The van der Waals surface area contributed by atoms with Crippen LogP contribution in [0.1, 0.15) is 5.56 Å². The van der Waals surface area contributed by atoms with E-state index in [9.17, 15) is 36.6 Å². The summed E-state index contributed by atoms with van der Waals surface area (Å²) in [6.45, 7) is 0. The van der Waals surface area contributed by atoms with Gasteiger partial charge in [-0.1, -0.05) is 24.3 Å². The molecule has 0 radical (unpaired) electrons. The maximum atomic E-state index is 12.9. The van der Waals surface area contributed by atoms with Gasteiger partial charge in [0.2, 0.25) is 0 Å². The molecule has 9 heteroatoms. The van der Waals surface area contributed by atoms with Crippen molar-refractivity contribution in [2.24, 2.45) is 0 Å². The van der Waals surface area contributed by atoms with Crippen molar-refractivity contribution in [3.63, 3.8) is 0 Å². The molecule has 2 rings (SSSR count). The van der Waals surface area contributed by atoms with Crippen LogP contribution >= 0.6 is 0 Å². The quantitative estimate of drug-likeness (QED) is 0.556. The third kappa shape index (κ3) is 2.12. The molecule has 0 amide bonds. The first-order valence-corrected chi connectivity index (χ1v) is 5.77. The number of phenolic OH excluding ortho intramolecular Hbond substituents is 1. The van der Waals surface area contributed by atoms with E-state index in [2.05, 4.69) is 0 Å². The van der Waals surface area contributed by atoms with Crippen LogP contribution in [-0.2, 0) is 5.60 Å². The molecular formula is C13H9F6NO2. The van der Waals surface area contributed by atoms with Crippen LogP contribution < -0.4 is 5.73 Å². The number of benzene rings is 2. The predicted octanol–water partition coefficient (Wildman–Crippen LogP) is 3.44. The van der Waals surface area contributed by atoms with Gasteiger partial charge in [-0.25, -0.2) is 0 Å². The number of nitrogen functional groups attached to an aromatic ring is 1. The van der Waals surface area contributed by atoms with E-state index in [1.165, 1.54) is 12.1 Å². The lowest BCUT2D eigenvalue weighted by Gasteiger charge is -2.33. The predicted molar refractivity (Wildman–Crippen MR) is 66.0 cm³/mol. The molecule has 0 saturated carbocycles. The van der Waals surface area contributed by atoms with Crippen LogP contribution in [0.4, 0.5) is 32.0 Å². The first-order valence-electron chi connectivity index (χ1n) is 5.77. The topological polar surface area (TPSA) is 66.5 Å². The number of hydrogen-bond donors (Lipinski definition) is 3. The Morgan fingerprint density at radius 2 is 1.36 bits per heavy atom. The van der Waals surface area contributed by atoms with Crippen molar-refractivity contribution in [1.29, 1.82) is 0 Å². The molecule has 0 bridgehead atoms. The van der Waals surface area contributed by atoms with Crippen LogP contribution in [0, 0.1) is 0 Å². The highest BCUT2D eigenvalue weighted by Gasteiger charge is 2.72. The molecule has 4 N–H and O–H groups in total. The molecule has 0 aliphatic heterocycles. The second-order valence-electron chi connectivity index (χ2n) is 4.60. The van der Waals surface area contributed by atoms with E-state index in [1.54, 1.807) is 0 Å². The van der Waals surface area contributed by atoms with Crippen molar-refractivity contribution in [3.05, 3.63) is 35.9 Å². The largest absolute Gasteiger partial charge is 0.507 e. The summed E-state index contributed by atoms with van der Waals surface area (Å²) in [5.74, 6) is -0.363. The fourth-order valence-corrected chi connectivity index (χ4v) is 2.15. The van der Waals surface area contributed by atoms with Gasteiger partial charge in [0.05, 0.1) is 0 Å². The van der Waals surface area contributed by atoms with Crippen LogP contribution in [0.25, 0.3) is 10.8 Å². The summed E-state index contributed by atoms with van der Waals surface area (Å²) in [6.07, 6.45) is -12.0. The number of alkyl halides is 6. The van der Waals surface area contributed by atoms with E-state index in [-0.39, 0.29) is 16.5 Å². The average Bonchev–Trinajstić information content (AvgIpc) is 2.37. The van der Waals surface area contributed by atoms with Gasteiger partial charge in [0, 0.05) is 22.0 Å². The normalized spacial score (nSPS) is 13.6. The minimum atomic E-state index is -6.02. The first-order chi connectivity index (χ1) is 9.91. The summed E-state index contributed by atoms with van der Waals surface area (Å²) < 4.78 is 77.2. The lowest BCUT2D eigenvalue weighted by Crippen LogP contribution is -2.54. The van der Waals surface area contributed by atoms with Crippen molar-refractivity contribution in [2.45, 2.75) is 18.0 Å². The van der Waals surface area contributed by atoms with Gasteiger partial charge in [-0.05, 0) is 6.07 Å². The molecule has 0 aromatic heterocycles. The number of rotatable bonds is 1. The van der Waals surface area contributed by atoms with Crippen LogP contribution in [0.15, 0.2) is 30.3 Å². The third-order valence-corrected chi connectivity index (χ3v) is 3.29. The highest BCUT2D eigenvalue weighted by Crippen LogP contribution is 2.52. The van der Waals surface area contributed by atoms with Crippen LogP contribution in [0.3, 0.4) is 0 Å². The van der Waals surface area contributed by atoms with Crippen molar-refractivity contribution in [3.8, 4) is 5.75 Å². The van der Waals surface area contributed by atoms with Gasteiger partial charge in [0.1, 0.15) is 5.75 Å². The summed E-state index contributed by atoms with van der Waals surface area (Å²) in [4.78, 5) is 0.